The molecule has 1 aromatic heterocycles. The van der Waals surface area contributed by atoms with Crippen molar-refractivity contribution in [3.63, 3.8) is 0 Å². The zero-order valence-electron chi connectivity index (χ0n) is 17.4. The van der Waals surface area contributed by atoms with E-state index in [2.05, 4.69) is 10.4 Å². The van der Waals surface area contributed by atoms with Gasteiger partial charge in [0.15, 0.2) is 5.92 Å². The number of nitrogens with one attached hydrogen (secondary N) is 1. The van der Waals surface area contributed by atoms with Gasteiger partial charge in [-0.1, -0.05) is 12.1 Å². The molecular formula is C23H22N4O3S. The fraction of sp³-hybridized carbons (Fsp3) is 0.174. The van der Waals surface area contributed by atoms with E-state index in [1.54, 1.807) is 37.3 Å². The molecule has 3 aromatic rings. The van der Waals surface area contributed by atoms with Crippen LogP contribution in [-0.2, 0) is 9.59 Å². The third-order valence-electron chi connectivity index (χ3n) is 4.70. The van der Waals surface area contributed by atoms with Crippen LogP contribution in [0.25, 0.3) is 11.3 Å². The first kappa shape index (κ1) is 20.9. The molecule has 1 N–H and O–H groups in total. The van der Waals surface area contributed by atoms with E-state index in [0.717, 1.165) is 10.5 Å². The number of furan rings is 1. The summed E-state index contributed by atoms with van der Waals surface area (Å²) >= 11 is 1.58. The number of hydrogen-bond acceptors (Lipinski definition) is 6. The van der Waals surface area contributed by atoms with E-state index in [1.165, 1.54) is 5.01 Å². The predicted molar refractivity (Wildman–Crippen MR) is 123 cm³/mol. The van der Waals surface area contributed by atoms with Crippen LogP contribution >= 0.6 is 11.9 Å². The third-order valence-corrected chi connectivity index (χ3v) is 5.55. The molecule has 0 saturated heterocycles. The molecule has 7 nitrogen and oxygen atoms in total. The van der Waals surface area contributed by atoms with Crippen LogP contribution in [0, 0.1) is 5.92 Å². The van der Waals surface area contributed by atoms with Gasteiger partial charge in [0.1, 0.15) is 5.76 Å². The first-order chi connectivity index (χ1) is 14.9. The number of amides is 2. The second-order valence-corrected chi connectivity index (χ2v) is 8.65. The minimum atomic E-state index is -0.969. The molecule has 31 heavy (non-hydrogen) atoms. The highest BCUT2D eigenvalue weighted by molar-refractivity contribution is 7.97. The van der Waals surface area contributed by atoms with E-state index >= 15 is 0 Å². The molecule has 158 valence electrons. The van der Waals surface area contributed by atoms with Crippen LogP contribution in [0.1, 0.15) is 6.92 Å². The van der Waals surface area contributed by atoms with Crippen molar-refractivity contribution < 1.29 is 14.0 Å². The number of rotatable bonds is 6. The molecule has 0 bridgehead atoms. The fourth-order valence-corrected chi connectivity index (χ4v) is 4.00. The fourth-order valence-electron chi connectivity index (χ4n) is 3.32. The third kappa shape index (κ3) is 4.55. The number of carbonyl (C=O) groups is 2. The van der Waals surface area contributed by atoms with Gasteiger partial charge < -0.3 is 9.73 Å². The average Bonchev–Trinajstić information content (AvgIpc) is 3.37. The Balaban J connectivity index is 1.48. The van der Waals surface area contributed by atoms with Gasteiger partial charge in [-0.3, -0.25) is 13.9 Å². The molecule has 1 aliphatic heterocycles. The second kappa shape index (κ2) is 8.79. The first-order valence-corrected chi connectivity index (χ1v) is 10.5. The molecule has 2 amide bonds. The Morgan fingerprint density at radius 3 is 2.58 bits per heavy atom. The highest BCUT2D eigenvalue weighted by Gasteiger charge is 2.39. The van der Waals surface area contributed by atoms with E-state index in [-0.39, 0.29) is 5.91 Å². The molecule has 0 saturated carbocycles. The van der Waals surface area contributed by atoms with Gasteiger partial charge >= 0.3 is 0 Å². The Hall–Kier alpha value is -3.36. The summed E-state index contributed by atoms with van der Waals surface area (Å²) in [6, 6.07) is 18.4. The molecule has 0 radical (unpaired) electrons. The quantitative estimate of drug-likeness (QED) is 0.457. The molecule has 8 heteroatoms. The monoisotopic (exact) mass is 434 g/mol. The molecule has 2 heterocycles. The van der Waals surface area contributed by atoms with Gasteiger partial charge in [0.2, 0.25) is 5.91 Å². The maximum atomic E-state index is 13.0. The van der Waals surface area contributed by atoms with Gasteiger partial charge in [0.05, 0.1) is 17.7 Å². The van der Waals surface area contributed by atoms with Gasteiger partial charge in [-0.25, -0.2) is 0 Å². The number of hydrazone groups is 1. The Morgan fingerprint density at radius 1 is 1.13 bits per heavy atom. The molecule has 4 rings (SSSR count). The zero-order chi connectivity index (χ0) is 22.0. The minimum absolute atomic E-state index is 0.370. The lowest BCUT2D eigenvalue weighted by Crippen LogP contribution is -2.36. The van der Waals surface area contributed by atoms with Gasteiger partial charge in [-0.2, -0.15) is 10.1 Å². The van der Waals surface area contributed by atoms with E-state index in [9.17, 15) is 9.59 Å². The van der Waals surface area contributed by atoms with Crippen molar-refractivity contribution >= 4 is 40.8 Å². The van der Waals surface area contributed by atoms with Gasteiger partial charge in [0.25, 0.3) is 5.91 Å². The van der Waals surface area contributed by atoms with Crippen LogP contribution in [0.2, 0.25) is 0 Å². The molecule has 1 unspecified atom stereocenters. The standard InChI is InChI=1S/C23H22N4O3S/c1-15-21(22(28)24-17-7-4-6-16(14-17)20-8-5-13-30-20)23(29)27(25-15)18-9-11-19(12-10-18)31-26(2)3/h4-14,21H,1-3H3,(H,24,28). The van der Waals surface area contributed by atoms with Crippen molar-refractivity contribution in [3.05, 3.63) is 66.9 Å². The molecule has 2 aromatic carbocycles. The highest BCUT2D eigenvalue weighted by atomic mass is 32.2. The summed E-state index contributed by atoms with van der Waals surface area (Å²) in [5.41, 5.74) is 2.50. The van der Waals surface area contributed by atoms with Gasteiger partial charge in [-0.15, -0.1) is 0 Å². The van der Waals surface area contributed by atoms with E-state index in [0.29, 0.717) is 22.8 Å². The summed E-state index contributed by atoms with van der Waals surface area (Å²) in [7, 11) is 3.92. The highest BCUT2D eigenvalue weighted by Crippen LogP contribution is 2.29. The lowest BCUT2D eigenvalue weighted by Gasteiger charge is -2.15. The summed E-state index contributed by atoms with van der Waals surface area (Å²) in [6.45, 7) is 1.69. The van der Waals surface area contributed by atoms with Gasteiger partial charge in [0, 0.05) is 16.1 Å². The van der Waals surface area contributed by atoms with Crippen LogP contribution in [-0.4, -0.2) is 35.9 Å². The number of anilines is 2. The Kier molecular flexibility index (Phi) is 5.92. The maximum absolute atomic E-state index is 13.0. The van der Waals surface area contributed by atoms with Crippen LogP contribution in [0.4, 0.5) is 11.4 Å². The van der Waals surface area contributed by atoms with E-state index in [4.69, 9.17) is 4.42 Å². The molecule has 1 aliphatic rings. The second-order valence-electron chi connectivity index (χ2n) is 7.27. The molecule has 0 spiro atoms. The Bertz CT molecular complexity index is 1120. The number of nitrogens with zero attached hydrogens (tertiary/aromatic N) is 3. The first-order valence-electron chi connectivity index (χ1n) is 9.71. The Morgan fingerprint density at radius 2 is 1.90 bits per heavy atom. The van der Waals surface area contributed by atoms with Crippen LogP contribution in [0.15, 0.2) is 81.3 Å². The van der Waals surface area contributed by atoms with Crippen molar-refractivity contribution in [2.45, 2.75) is 11.8 Å². The van der Waals surface area contributed by atoms with Crippen LogP contribution < -0.4 is 10.3 Å². The Labute approximate surface area is 184 Å². The van der Waals surface area contributed by atoms with Crippen molar-refractivity contribution in [3.8, 4) is 11.3 Å². The summed E-state index contributed by atoms with van der Waals surface area (Å²) in [5, 5.41) is 8.47. The van der Waals surface area contributed by atoms with E-state index < -0.39 is 11.8 Å². The minimum Gasteiger partial charge on any atom is -0.464 e. The molecule has 0 aliphatic carbocycles. The van der Waals surface area contributed by atoms with Crippen molar-refractivity contribution in [1.82, 2.24) is 4.31 Å². The number of benzene rings is 2. The molecular weight excluding hydrogens is 412 g/mol. The topological polar surface area (TPSA) is 78.1 Å². The summed E-state index contributed by atoms with van der Waals surface area (Å²) < 4.78 is 7.39. The number of carbonyl (C=O) groups excluding carboxylic acids is 2. The SMILES string of the molecule is CC1=NN(c2ccc(SN(C)C)cc2)C(=O)C1C(=O)Nc1cccc(-c2ccco2)c1. The van der Waals surface area contributed by atoms with E-state index in [1.807, 2.05) is 66.9 Å². The van der Waals surface area contributed by atoms with Crippen LogP contribution in [0.5, 0.6) is 0 Å². The largest absolute Gasteiger partial charge is 0.464 e. The lowest BCUT2D eigenvalue weighted by atomic mass is 10.0. The smallest absolute Gasteiger partial charge is 0.265 e. The lowest BCUT2D eigenvalue weighted by molar-refractivity contribution is -0.127. The zero-order valence-corrected chi connectivity index (χ0v) is 18.2. The summed E-state index contributed by atoms with van der Waals surface area (Å²) in [5.74, 6) is -1.05. The normalized spacial score (nSPS) is 16.0. The average molecular weight is 435 g/mol. The predicted octanol–water partition coefficient (Wildman–Crippen LogP) is 4.49. The number of hydrogen-bond donors (Lipinski definition) is 1. The van der Waals surface area contributed by atoms with Gasteiger partial charge in [-0.05, 0) is 81.5 Å². The summed E-state index contributed by atoms with van der Waals surface area (Å²) in [4.78, 5) is 26.9. The molecule has 1 atom stereocenters. The maximum Gasteiger partial charge on any atom is 0.265 e. The summed E-state index contributed by atoms with van der Waals surface area (Å²) in [6.07, 6.45) is 1.60. The van der Waals surface area contributed by atoms with Crippen LogP contribution in [0.3, 0.4) is 0 Å². The van der Waals surface area contributed by atoms with Crippen molar-refractivity contribution in [2.75, 3.05) is 24.4 Å². The molecule has 0 fully saturated rings. The van der Waals surface area contributed by atoms with Crippen molar-refractivity contribution in [2.24, 2.45) is 11.0 Å². The van der Waals surface area contributed by atoms with Crippen molar-refractivity contribution in [1.29, 1.82) is 0 Å².